The highest BCUT2D eigenvalue weighted by Gasteiger charge is 2.31. The number of carbonyl (C=O) groups is 1. The molecule has 1 N–H and O–H groups in total. The van der Waals surface area contributed by atoms with E-state index in [0.717, 1.165) is 29.9 Å². The molecule has 1 atom stereocenters. The van der Waals surface area contributed by atoms with Gasteiger partial charge < -0.3 is 15.0 Å². The Hall–Kier alpha value is -3.55. The Morgan fingerprint density at radius 2 is 2.10 bits per heavy atom. The number of rotatable bonds is 6. The molecule has 1 saturated heterocycles. The average Bonchev–Trinajstić information content (AvgIpc) is 3.24. The van der Waals surface area contributed by atoms with E-state index >= 15 is 0 Å². The summed E-state index contributed by atoms with van der Waals surface area (Å²) >= 11 is 0. The molecule has 3 heterocycles. The second-order valence-corrected chi connectivity index (χ2v) is 7.13. The van der Waals surface area contributed by atoms with Crippen LogP contribution in [-0.2, 0) is 4.79 Å². The predicted molar refractivity (Wildman–Crippen MR) is 110 cm³/mol. The quantitative estimate of drug-likeness (QED) is 0.669. The number of carbonyl (C=O) groups excluding carboxylic acids is 1. The van der Waals surface area contributed by atoms with Gasteiger partial charge >= 0.3 is 0 Å². The summed E-state index contributed by atoms with van der Waals surface area (Å²) < 4.78 is 18.6. The summed E-state index contributed by atoms with van der Waals surface area (Å²) in [4.78, 5) is 27.6. The molecule has 1 aliphatic rings. The van der Waals surface area contributed by atoms with Crippen LogP contribution in [0.2, 0.25) is 0 Å². The number of pyridine rings is 1. The first-order valence-electron chi connectivity index (χ1n) is 9.78. The zero-order valence-corrected chi connectivity index (χ0v) is 16.6. The number of halogens is 1. The minimum absolute atomic E-state index is 0.0986. The molecule has 0 unspecified atom stereocenters. The van der Waals surface area contributed by atoms with Gasteiger partial charge in [0, 0.05) is 30.3 Å². The normalized spacial score (nSPS) is 15.8. The molecular weight excluding hydrogens is 385 g/mol. The number of nitrogens with zero attached hydrogens (tertiary/aromatic N) is 4. The number of likely N-dealkylation sites (tertiary alicyclic amines) is 1. The van der Waals surface area contributed by atoms with Crippen molar-refractivity contribution in [3.63, 3.8) is 0 Å². The number of aryl methyl sites for hydroxylation is 1. The van der Waals surface area contributed by atoms with Gasteiger partial charge in [-0.2, -0.15) is 0 Å². The second kappa shape index (κ2) is 8.86. The number of hydrogen-bond acceptors (Lipinski definition) is 6. The van der Waals surface area contributed by atoms with Crippen LogP contribution in [0.5, 0.6) is 5.75 Å². The van der Waals surface area contributed by atoms with E-state index in [4.69, 9.17) is 4.74 Å². The van der Waals surface area contributed by atoms with Crippen molar-refractivity contribution in [3.05, 3.63) is 72.2 Å². The number of benzene rings is 1. The Balaban J connectivity index is 1.47. The fraction of sp³-hybridized carbons (Fsp3) is 0.273. The lowest BCUT2D eigenvalue weighted by Crippen LogP contribution is -2.34. The van der Waals surface area contributed by atoms with E-state index in [1.807, 2.05) is 19.1 Å². The van der Waals surface area contributed by atoms with Crippen molar-refractivity contribution in [2.75, 3.05) is 18.5 Å². The van der Waals surface area contributed by atoms with Crippen molar-refractivity contribution in [2.45, 2.75) is 25.8 Å². The first kappa shape index (κ1) is 19.8. The summed E-state index contributed by atoms with van der Waals surface area (Å²) in [6.07, 6.45) is 6.62. The molecule has 0 radical (unpaired) electrons. The molecule has 1 fully saturated rings. The molecule has 0 spiro atoms. The van der Waals surface area contributed by atoms with Gasteiger partial charge in [0.15, 0.2) is 6.61 Å². The molecule has 3 aromatic rings. The van der Waals surface area contributed by atoms with Gasteiger partial charge in [-0.1, -0.05) is 0 Å². The first-order chi connectivity index (χ1) is 14.6. The third-order valence-corrected chi connectivity index (χ3v) is 4.90. The zero-order valence-electron chi connectivity index (χ0n) is 16.6. The van der Waals surface area contributed by atoms with Crippen LogP contribution in [0.25, 0.3) is 0 Å². The van der Waals surface area contributed by atoms with Crippen molar-refractivity contribution < 1.29 is 13.9 Å². The number of nitrogens with one attached hydrogen (secondary N) is 1. The number of hydrogen-bond donors (Lipinski definition) is 1. The minimum atomic E-state index is -0.343. The van der Waals surface area contributed by atoms with E-state index < -0.39 is 0 Å². The maximum absolute atomic E-state index is 13.0. The maximum atomic E-state index is 13.0. The van der Waals surface area contributed by atoms with Gasteiger partial charge in [-0.05, 0) is 56.2 Å². The summed E-state index contributed by atoms with van der Waals surface area (Å²) in [6, 6.07) is 9.39. The van der Waals surface area contributed by atoms with E-state index in [9.17, 15) is 9.18 Å². The third-order valence-electron chi connectivity index (χ3n) is 4.90. The van der Waals surface area contributed by atoms with E-state index in [-0.39, 0.29) is 24.4 Å². The largest absolute Gasteiger partial charge is 0.484 e. The van der Waals surface area contributed by atoms with Gasteiger partial charge in [0.05, 0.1) is 17.9 Å². The van der Waals surface area contributed by atoms with Gasteiger partial charge in [0.25, 0.3) is 5.91 Å². The van der Waals surface area contributed by atoms with Crippen LogP contribution < -0.4 is 10.1 Å². The van der Waals surface area contributed by atoms with Crippen LogP contribution in [0, 0.1) is 12.7 Å². The molecule has 0 bridgehead atoms. The molecule has 154 valence electrons. The lowest BCUT2D eigenvalue weighted by molar-refractivity contribution is -0.134. The van der Waals surface area contributed by atoms with Crippen molar-refractivity contribution in [1.82, 2.24) is 19.9 Å². The van der Waals surface area contributed by atoms with Crippen LogP contribution in [-0.4, -0.2) is 38.9 Å². The molecular formula is C22H22FN5O2. The predicted octanol–water partition coefficient (Wildman–Crippen LogP) is 3.81. The molecule has 1 aromatic carbocycles. The van der Waals surface area contributed by atoms with E-state index in [0.29, 0.717) is 18.1 Å². The summed E-state index contributed by atoms with van der Waals surface area (Å²) in [5.74, 6) is 0.643. The average molecular weight is 407 g/mol. The molecule has 0 saturated carbocycles. The summed E-state index contributed by atoms with van der Waals surface area (Å²) in [6.45, 7) is 2.47. The summed E-state index contributed by atoms with van der Waals surface area (Å²) in [5.41, 5.74) is 2.52. The van der Waals surface area contributed by atoms with E-state index in [2.05, 4.69) is 20.3 Å². The van der Waals surface area contributed by atoms with Crippen LogP contribution in [0.15, 0.2) is 55.0 Å². The Bertz CT molecular complexity index is 1010. The van der Waals surface area contributed by atoms with Crippen molar-refractivity contribution >= 4 is 17.4 Å². The molecule has 7 nitrogen and oxygen atoms in total. The van der Waals surface area contributed by atoms with Crippen LogP contribution in [0.3, 0.4) is 0 Å². The molecule has 8 heteroatoms. The molecule has 2 aromatic heterocycles. The lowest BCUT2D eigenvalue weighted by Gasteiger charge is -2.25. The minimum Gasteiger partial charge on any atom is -0.484 e. The second-order valence-electron chi connectivity index (χ2n) is 7.13. The molecule has 4 rings (SSSR count). The van der Waals surface area contributed by atoms with Crippen LogP contribution in [0.1, 0.15) is 30.3 Å². The first-order valence-corrected chi connectivity index (χ1v) is 9.78. The Morgan fingerprint density at radius 1 is 1.27 bits per heavy atom. The van der Waals surface area contributed by atoms with Crippen molar-refractivity contribution in [1.29, 1.82) is 0 Å². The fourth-order valence-electron chi connectivity index (χ4n) is 3.58. The highest BCUT2D eigenvalue weighted by molar-refractivity contribution is 5.78. The standard InChI is InChI=1S/C22H22FN5O2/c1-15-11-17(27-21-13-24-8-9-25-21)12-19(26-15)20-3-2-10-28(20)22(29)14-30-18-6-4-16(23)5-7-18/h4-9,11-13,20H,2-3,10,14H2,1H3,(H,25,26,27)/t20-/m1/s1. The van der Waals surface area contributed by atoms with Crippen molar-refractivity contribution in [2.24, 2.45) is 0 Å². The molecule has 1 amide bonds. The highest BCUT2D eigenvalue weighted by atomic mass is 19.1. The Morgan fingerprint density at radius 3 is 2.87 bits per heavy atom. The van der Waals surface area contributed by atoms with E-state index in [1.165, 1.54) is 24.3 Å². The van der Waals surface area contributed by atoms with Crippen LogP contribution in [0.4, 0.5) is 15.9 Å². The van der Waals surface area contributed by atoms with Gasteiger partial charge in [-0.3, -0.25) is 14.8 Å². The van der Waals surface area contributed by atoms with Gasteiger partial charge in [-0.15, -0.1) is 0 Å². The summed E-state index contributed by atoms with van der Waals surface area (Å²) in [7, 11) is 0. The van der Waals surface area contributed by atoms with Gasteiger partial charge in [-0.25, -0.2) is 9.37 Å². The van der Waals surface area contributed by atoms with Crippen molar-refractivity contribution in [3.8, 4) is 5.75 Å². The SMILES string of the molecule is Cc1cc(Nc2cnccn2)cc([C@H]2CCCN2C(=O)COc2ccc(F)cc2)n1. The van der Waals surface area contributed by atoms with Gasteiger partial charge in [0.2, 0.25) is 0 Å². The molecule has 1 aliphatic heterocycles. The number of aromatic nitrogens is 3. The molecule has 30 heavy (non-hydrogen) atoms. The number of amides is 1. The number of ether oxygens (including phenoxy) is 1. The van der Waals surface area contributed by atoms with Crippen LogP contribution >= 0.6 is 0 Å². The Labute approximate surface area is 174 Å². The van der Waals surface area contributed by atoms with E-state index in [1.54, 1.807) is 23.5 Å². The third kappa shape index (κ3) is 4.71. The monoisotopic (exact) mass is 407 g/mol. The maximum Gasteiger partial charge on any atom is 0.261 e. The number of anilines is 2. The lowest BCUT2D eigenvalue weighted by atomic mass is 10.1. The topological polar surface area (TPSA) is 80.2 Å². The smallest absolute Gasteiger partial charge is 0.261 e. The fourth-order valence-corrected chi connectivity index (χ4v) is 3.58. The van der Waals surface area contributed by atoms with Gasteiger partial charge in [0.1, 0.15) is 17.4 Å². The zero-order chi connectivity index (χ0) is 20.9. The molecule has 0 aliphatic carbocycles. The highest BCUT2D eigenvalue weighted by Crippen LogP contribution is 2.32. The Kier molecular flexibility index (Phi) is 5.83. The summed E-state index contributed by atoms with van der Waals surface area (Å²) in [5, 5.41) is 3.23.